The molecule has 0 fully saturated rings. The maximum atomic E-state index is 11.9. The van der Waals surface area contributed by atoms with Crippen LogP contribution >= 0.6 is 12.2 Å². The zero-order valence-electron chi connectivity index (χ0n) is 13.8. The first-order chi connectivity index (χ1) is 12.2. The molecule has 0 spiro atoms. The molecule has 0 saturated heterocycles. The molecule has 1 heterocycles. The van der Waals surface area contributed by atoms with E-state index in [1.54, 1.807) is 6.07 Å². The third-order valence-corrected chi connectivity index (χ3v) is 4.11. The molecule has 0 unspecified atom stereocenters. The van der Waals surface area contributed by atoms with Crippen molar-refractivity contribution in [2.45, 2.75) is 6.54 Å². The lowest BCUT2D eigenvalue weighted by Crippen LogP contribution is -2.03. The van der Waals surface area contributed by atoms with Gasteiger partial charge in [-0.15, -0.1) is 0 Å². The number of aromatic nitrogens is 1. The van der Waals surface area contributed by atoms with Crippen molar-refractivity contribution in [2.75, 3.05) is 12.4 Å². The van der Waals surface area contributed by atoms with E-state index in [1.165, 1.54) is 7.11 Å². The maximum absolute atomic E-state index is 11.9. The Morgan fingerprint density at radius 1 is 1.12 bits per heavy atom. The number of hydrogen-bond donors (Lipinski definition) is 2. The molecule has 3 aromatic rings. The highest BCUT2D eigenvalue weighted by molar-refractivity contribution is 7.71. The molecule has 0 aliphatic carbocycles. The Balaban J connectivity index is 1.77. The minimum absolute atomic E-state index is 0.333. The maximum Gasteiger partial charge on any atom is 0.338 e. The summed E-state index contributed by atoms with van der Waals surface area (Å²) in [5.41, 5.74) is 3.53. The number of ether oxygens (including phenoxy) is 1. The van der Waals surface area contributed by atoms with Crippen molar-refractivity contribution >= 4 is 24.0 Å². The minimum Gasteiger partial charge on any atom is -0.465 e. The number of benzene rings is 2. The summed E-state index contributed by atoms with van der Waals surface area (Å²) < 4.78 is 5.65. The Morgan fingerprint density at radius 2 is 1.88 bits per heavy atom. The van der Waals surface area contributed by atoms with Crippen LogP contribution in [0.15, 0.2) is 66.9 Å². The smallest absolute Gasteiger partial charge is 0.338 e. The first-order valence-electron chi connectivity index (χ1n) is 7.86. The number of anilines is 1. The molecule has 2 N–H and O–H groups in total. The van der Waals surface area contributed by atoms with Gasteiger partial charge in [-0.3, -0.25) is 0 Å². The van der Waals surface area contributed by atoms with Crippen LogP contribution in [0.2, 0.25) is 0 Å². The van der Waals surface area contributed by atoms with Crippen molar-refractivity contribution in [1.82, 2.24) is 4.98 Å². The van der Waals surface area contributed by atoms with Gasteiger partial charge in [0.1, 0.15) is 5.82 Å². The van der Waals surface area contributed by atoms with Gasteiger partial charge >= 0.3 is 5.97 Å². The fourth-order valence-electron chi connectivity index (χ4n) is 2.57. The summed E-state index contributed by atoms with van der Waals surface area (Å²) in [6, 6.07) is 19.2. The van der Waals surface area contributed by atoms with E-state index < -0.39 is 0 Å². The summed E-state index contributed by atoms with van der Waals surface area (Å²) in [5.74, 6) is 0.549. The van der Waals surface area contributed by atoms with E-state index in [0.717, 1.165) is 27.0 Å². The van der Waals surface area contributed by atoms with Crippen molar-refractivity contribution < 1.29 is 9.53 Å². The van der Waals surface area contributed by atoms with Crippen molar-refractivity contribution in [3.8, 4) is 11.1 Å². The summed E-state index contributed by atoms with van der Waals surface area (Å²) >= 11 is 5.15. The number of nitrogens with one attached hydrogen (secondary N) is 2. The topological polar surface area (TPSA) is 54.1 Å². The largest absolute Gasteiger partial charge is 0.465 e. The van der Waals surface area contributed by atoms with Gasteiger partial charge in [0, 0.05) is 17.3 Å². The monoisotopic (exact) mass is 350 g/mol. The summed E-state index contributed by atoms with van der Waals surface area (Å²) in [6.07, 6.45) is 1.82. The molecule has 0 bridgehead atoms. The van der Waals surface area contributed by atoms with Crippen LogP contribution in [0.3, 0.4) is 0 Å². The predicted molar refractivity (Wildman–Crippen MR) is 102 cm³/mol. The first kappa shape index (κ1) is 16.9. The number of hydrogen-bond acceptors (Lipinski definition) is 4. The molecular formula is C20H18N2O2S. The van der Waals surface area contributed by atoms with Crippen molar-refractivity contribution in [2.24, 2.45) is 0 Å². The SMILES string of the molecule is COC(=O)c1ccccc1-c1ccc(CNc2cc(=S)cc[nH]2)cc1. The van der Waals surface area contributed by atoms with Crippen LogP contribution in [0.4, 0.5) is 5.82 Å². The van der Waals surface area contributed by atoms with E-state index in [-0.39, 0.29) is 5.97 Å². The van der Waals surface area contributed by atoms with Gasteiger partial charge in [-0.25, -0.2) is 4.79 Å². The second-order valence-electron chi connectivity index (χ2n) is 5.53. The fourth-order valence-corrected chi connectivity index (χ4v) is 2.76. The first-order valence-corrected chi connectivity index (χ1v) is 8.27. The Bertz CT molecular complexity index is 933. The second-order valence-corrected chi connectivity index (χ2v) is 6.00. The van der Waals surface area contributed by atoms with Crippen LogP contribution in [0.5, 0.6) is 0 Å². The van der Waals surface area contributed by atoms with Gasteiger partial charge < -0.3 is 15.0 Å². The molecular weight excluding hydrogens is 332 g/mol. The number of esters is 1. The molecule has 5 heteroatoms. The number of carbonyl (C=O) groups is 1. The van der Waals surface area contributed by atoms with E-state index in [1.807, 2.05) is 60.8 Å². The second kappa shape index (κ2) is 7.77. The number of H-pyrrole nitrogens is 1. The van der Waals surface area contributed by atoms with Gasteiger partial charge in [0.15, 0.2) is 0 Å². The zero-order valence-corrected chi connectivity index (χ0v) is 14.6. The number of aromatic amines is 1. The molecule has 0 saturated carbocycles. The molecule has 25 heavy (non-hydrogen) atoms. The van der Waals surface area contributed by atoms with Crippen LogP contribution < -0.4 is 5.32 Å². The molecule has 126 valence electrons. The van der Waals surface area contributed by atoms with E-state index >= 15 is 0 Å². The number of carbonyl (C=O) groups excluding carboxylic acids is 1. The molecule has 1 aromatic heterocycles. The summed E-state index contributed by atoms with van der Waals surface area (Å²) in [6.45, 7) is 0.675. The van der Waals surface area contributed by atoms with Crippen LogP contribution in [-0.2, 0) is 11.3 Å². The lowest BCUT2D eigenvalue weighted by atomic mass is 9.99. The van der Waals surface area contributed by atoms with Crippen molar-refractivity contribution in [3.05, 3.63) is 82.5 Å². The molecule has 2 aromatic carbocycles. The van der Waals surface area contributed by atoms with Crippen molar-refractivity contribution in [3.63, 3.8) is 0 Å². The van der Waals surface area contributed by atoms with Gasteiger partial charge in [0.25, 0.3) is 0 Å². The molecule has 0 aliphatic heterocycles. The highest BCUT2D eigenvalue weighted by Gasteiger charge is 2.12. The lowest BCUT2D eigenvalue weighted by molar-refractivity contribution is 0.0601. The van der Waals surface area contributed by atoms with E-state index in [4.69, 9.17) is 17.0 Å². The van der Waals surface area contributed by atoms with Crippen LogP contribution in [0.25, 0.3) is 11.1 Å². The Morgan fingerprint density at radius 3 is 2.60 bits per heavy atom. The Labute approximate surface area is 151 Å². The third kappa shape index (κ3) is 4.14. The highest BCUT2D eigenvalue weighted by Crippen LogP contribution is 2.24. The predicted octanol–water partition coefficient (Wildman–Crippen LogP) is 4.81. The molecule has 4 nitrogen and oxygen atoms in total. The van der Waals surface area contributed by atoms with Gasteiger partial charge in [0.05, 0.1) is 12.7 Å². The van der Waals surface area contributed by atoms with Gasteiger partial charge in [-0.05, 0) is 34.9 Å². The van der Waals surface area contributed by atoms with Gasteiger partial charge in [-0.1, -0.05) is 54.7 Å². The van der Waals surface area contributed by atoms with E-state index in [2.05, 4.69) is 10.3 Å². The van der Waals surface area contributed by atoms with Crippen LogP contribution in [0.1, 0.15) is 15.9 Å². The normalized spacial score (nSPS) is 10.3. The number of methoxy groups -OCH3 is 1. The molecule has 3 rings (SSSR count). The lowest BCUT2D eigenvalue weighted by Gasteiger charge is -2.10. The van der Waals surface area contributed by atoms with Gasteiger partial charge in [-0.2, -0.15) is 0 Å². The Kier molecular flexibility index (Phi) is 5.26. The minimum atomic E-state index is -0.333. The standard InChI is InChI=1S/C20H18N2O2S/c1-24-20(23)18-5-3-2-4-17(18)15-8-6-14(7-9-15)13-22-19-12-16(25)10-11-21-19/h2-12H,13H2,1H3,(H2,21,22,25). The quantitative estimate of drug-likeness (QED) is 0.512. The number of pyridine rings is 1. The highest BCUT2D eigenvalue weighted by atomic mass is 32.1. The summed E-state index contributed by atoms with van der Waals surface area (Å²) in [5, 5.41) is 3.30. The summed E-state index contributed by atoms with van der Waals surface area (Å²) in [4.78, 5) is 15.0. The summed E-state index contributed by atoms with van der Waals surface area (Å²) in [7, 11) is 1.39. The molecule has 0 aliphatic rings. The average molecular weight is 350 g/mol. The van der Waals surface area contributed by atoms with Gasteiger partial charge in [0.2, 0.25) is 0 Å². The molecule has 0 atom stereocenters. The molecule has 0 radical (unpaired) electrons. The van der Waals surface area contributed by atoms with E-state index in [9.17, 15) is 4.79 Å². The third-order valence-electron chi connectivity index (χ3n) is 3.85. The average Bonchev–Trinajstić information content (AvgIpc) is 2.66. The molecule has 0 amide bonds. The number of rotatable bonds is 5. The Hall–Kier alpha value is -2.92. The van der Waals surface area contributed by atoms with Crippen LogP contribution in [0, 0.1) is 4.51 Å². The van der Waals surface area contributed by atoms with Crippen molar-refractivity contribution in [1.29, 1.82) is 0 Å². The van der Waals surface area contributed by atoms with Crippen LogP contribution in [-0.4, -0.2) is 18.1 Å². The van der Waals surface area contributed by atoms with E-state index in [0.29, 0.717) is 12.1 Å². The zero-order chi connectivity index (χ0) is 17.6. The fraction of sp³-hybridized carbons (Fsp3) is 0.100.